The Morgan fingerprint density at radius 1 is 1.43 bits per heavy atom. The summed E-state index contributed by atoms with van der Waals surface area (Å²) in [5.74, 6) is -2.21. The largest absolute Gasteiger partial charge is 0.480 e. The molecule has 21 heavy (non-hydrogen) atoms. The highest BCUT2D eigenvalue weighted by Gasteiger charge is 2.26. The molecule has 2 rings (SSSR count). The number of nitrogens with two attached hydrogens (primary N) is 1. The molecule has 0 radical (unpaired) electrons. The molecule has 1 aromatic heterocycles. The molecule has 1 aliphatic carbocycles. The monoisotopic (exact) mass is 293 g/mol. The van der Waals surface area contributed by atoms with E-state index in [2.05, 4.69) is 5.32 Å². The van der Waals surface area contributed by atoms with E-state index >= 15 is 0 Å². The van der Waals surface area contributed by atoms with E-state index in [1.807, 2.05) is 10.8 Å². The van der Waals surface area contributed by atoms with E-state index in [0.717, 1.165) is 19.3 Å². The molecule has 0 unspecified atom stereocenters. The Hall–Kier alpha value is -2.31. The highest BCUT2D eigenvalue weighted by atomic mass is 16.4. The first-order valence-corrected chi connectivity index (χ1v) is 6.98. The molecule has 114 valence electrons. The van der Waals surface area contributed by atoms with Crippen LogP contribution >= 0.6 is 0 Å². The number of carboxylic acid groups (broad SMARTS) is 1. The molecule has 1 heterocycles. The van der Waals surface area contributed by atoms with Gasteiger partial charge in [-0.15, -0.1) is 0 Å². The lowest BCUT2D eigenvalue weighted by Gasteiger charge is -2.29. The van der Waals surface area contributed by atoms with Gasteiger partial charge in [0.25, 0.3) is 5.91 Å². The van der Waals surface area contributed by atoms with Gasteiger partial charge in [-0.2, -0.15) is 0 Å². The van der Waals surface area contributed by atoms with Gasteiger partial charge in [-0.3, -0.25) is 9.59 Å². The zero-order valence-electron chi connectivity index (χ0n) is 11.6. The Kier molecular flexibility index (Phi) is 4.62. The summed E-state index contributed by atoms with van der Waals surface area (Å²) in [6.45, 7) is 0. The summed E-state index contributed by atoms with van der Waals surface area (Å²) in [6.07, 6.45) is 4.93. The van der Waals surface area contributed by atoms with Crippen LogP contribution in [0.15, 0.2) is 18.3 Å². The second-order valence-electron chi connectivity index (χ2n) is 5.25. The van der Waals surface area contributed by atoms with Crippen LogP contribution in [0.5, 0.6) is 0 Å². The average molecular weight is 293 g/mol. The first-order valence-electron chi connectivity index (χ1n) is 6.98. The minimum atomic E-state index is -1.17. The number of rotatable bonds is 7. The highest BCUT2D eigenvalue weighted by molar-refractivity contribution is 5.95. The fourth-order valence-corrected chi connectivity index (χ4v) is 2.35. The van der Waals surface area contributed by atoms with Gasteiger partial charge in [-0.05, 0) is 37.8 Å². The van der Waals surface area contributed by atoms with Crippen LogP contribution in [0.4, 0.5) is 0 Å². The van der Waals surface area contributed by atoms with Crippen LogP contribution in [0, 0.1) is 0 Å². The molecule has 1 saturated carbocycles. The van der Waals surface area contributed by atoms with Crippen LogP contribution in [0.1, 0.15) is 48.6 Å². The number of carbonyl (C=O) groups excluding carboxylic acids is 2. The third kappa shape index (κ3) is 3.62. The van der Waals surface area contributed by atoms with Gasteiger partial charge >= 0.3 is 5.97 Å². The van der Waals surface area contributed by atoms with Gasteiger partial charge in [-0.25, -0.2) is 4.79 Å². The number of carboxylic acids is 1. The van der Waals surface area contributed by atoms with E-state index < -0.39 is 23.8 Å². The van der Waals surface area contributed by atoms with E-state index in [9.17, 15) is 14.4 Å². The van der Waals surface area contributed by atoms with E-state index in [1.165, 1.54) is 0 Å². The van der Waals surface area contributed by atoms with Crippen molar-refractivity contribution in [3.63, 3.8) is 0 Å². The van der Waals surface area contributed by atoms with Crippen molar-refractivity contribution in [2.45, 2.75) is 44.2 Å². The second-order valence-corrected chi connectivity index (χ2v) is 5.25. The molecule has 4 N–H and O–H groups in total. The minimum Gasteiger partial charge on any atom is -0.480 e. The molecule has 1 fully saturated rings. The van der Waals surface area contributed by atoms with Crippen molar-refractivity contribution in [2.24, 2.45) is 5.73 Å². The van der Waals surface area contributed by atoms with Crippen molar-refractivity contribution in [2.75, 3.05) is 0 Å². The molecule has 1 aliphatic rings. The maximum atomic E-state index is 12.2. The van der Waals surface area contributed by atoms with Crippen LogP contribution < -0.4 is 11.1 Å². The topological polar surface area (TPSA) is 114 Å². The number of amides is 2. The summed E-state index contributed by atoms with van der Waals surface area (Å²) in [7, 11) is 0. The molecule has 0 aliphatic heterocycles. The quantitative estimate of drug-likeness (QED) is 0.685. The number of hydrogen-bond donors (Lipinski definition) is 3. The van der Waals surface area contributed by atoms with Crippen molar-refractivity contribution < 1.29 is 19.5 Å². The van der Waals surface area contributed by atoms with Crippen LogP contribution in [0.2, 0.25) is 0 Å². The number of carbonyl (C=O) groups is 3. The molecule has 1 atom stereocenters. The Morgan fingerprint density at radius 2 is 2.14 bits per heavy atom. The average Bonchev–Trinajstić information content (AvgIpc) is 2.80. The zero-order valence-corrected chi connectivity index (χ0v) is 11.6. The normalized spacial score (nSPS) is 16.0. The number of aromatic nitrogens is 1. The maximum absolute atomic E-state index is 12.2. The standard InChI is InChI=1S/C14H19N3O4/c15-12(18)7-6-10(14(20)21)16-13(19)11-5-2-8-17(11)9-3-1-4-9/h2,5,8-10H,1,3-4,6-7H2,(H2,15,18)(H,16,19)(H,20,21)/t10-/m1/s1. The minimum absolute atomic E-state index is 0.0133. The smallest absolute Gasteiger partial charge is 0.326 e. The SMILES string of the molecule is NC(=O)CC[C@@H](NC(=O)c1cccn1C1CCC1)C(=O)O. The fourth-order valence-electron chi connectivity index (χ4n) is 2.35. The molecule has 0 saturated heterocycles. The number of primary amides is 1. The number of hydrogen-bond acceptors (Lipinski definition) is 3. The third-order valence-electron chi connectivity index (χ3n) is 3.76. The van der Waals surface area contributed by atoms with Gasteiger partial charge in [0, 0.05) is 18.7 Å². The van der Waals surface area contributed by atoms with Crippen LogP contribution in [0.25, 0.3) is 0 Å². The predicted octanol–water partition coefficient (Wildman–Crippen LogP) is 0.662. The number of nitrogens with zero attached hydrogens (tertiary/aromatic N) is 1. The molecule has 7 heteroatoms. The van der Waals surface area contributed by atoms with Gasteiger partial charge < -0.3 is 20.7 Å². The van der Waals surface area contributed by atoms with Crippen LogP contribution in [-0.2, 0) is 9.59 Å². The Morgan fingerprint density at radius 3 is 2.67 bits per heavy atom. The highest BCUT2D eigenvalue weighted by Crippen LogP contribution is 2.32. The van der Waals surface area contributed by atoms with Crippen molar-refractivity contribution in [1.82, 2.24) is 9.88 Å². The van der Waals surface area contributed by atoms with E-state index in [-0.39, 0.29) is 12.8 Å². The van der Waals surface area contributed by atoms with Crippen molar-refractivity contribution >= 4 is 17.8 Å². The molecule has 1 aromatic rings. The van der Waals surface area contributed by atoms with Crippen molar-refractivity contribution in [3.05, 3.63) is 24.0 Å². The first kappa shape index (κ1) is 15.1. The fraction of sp³-hybridized carbons (Fsp3) is 0.500. The van der Waals surface area contributed by atoms with Gasteiger partial charge in [-0.1, -0.05) is 0 Å². The third-order valence-corrected chi connectivity index (χ3v) is 3.76. The molecule has 0 aromatic carbocycles. The predicted molar refractivity (Wildman–Crippen MR) is 74.6 cm³/mol. The summed E-state index contributed by atoms with van der Waals surface area (Å²) in [6, 6.07) is 2.64. The molecule has 0 bridgehead atoms. The Bertz CT molecular complexity index is 548. The van der Waals surface area contributed by atoms with Crippen molar-refractivity contribution in [1.29, 1.82) is 0 Å². The lowest BCUT2D eigenvalue weighted by Crippen LogP contribution is -2.42. The summed E-state index contributed by atoms with van der Waals surface area (Å²) < 4.78 is 1.88. The van der Waals surface area contributed by atoms with Gasteiger partial charge in [0.2, 0.25) is 5.91 Å². The lowest BCUT2D eigenvalue weighted by molar-refractivity contribution is -0.139. The van der Waals surface area contributed by atoms with E-state index in [1.54, 1.807) is 12.1 Å². The van der Waals surface area contributed by atoms with Gasteiger partial charge in [0.15, 0.2) is 0 Å². The molecular formula is C14H19N3O4. The number of nitrogens with one attached hydrogen (secondary N) is 1. The van der Waals surface area contributed by atoms with E-state index in [4.69, 9.17) is 10.8 Å². The first-order chi connectivity index (χ1) is 9.99. The maximum Gasteiger partial charge on any atom is 0.326 e. The van der Waals surface area contributed by atoms with Gasteiger partial charge in [0.1, 0.15) is 11.7 Å². The number of aliphatic carboxylic acids is 1. The van der Waals surface area contributed by atoms with Gasteiger partial charge in [0.05, 0.1) is 0 Å². The Labute approximate surface area is 122 Å². The lowest BCUT2D eigenvalue weighted by atomic mass is 9.93. The molecule has 7 nitrogen and oxygen atoms in total. The van der Waals surface area contributed by atoms with Crippen molar-refractivity contribution in [3.8, 4) is 0 Å². The summed E-state index contributed by atoms with van der Waals surface area (Å²) >= 11 is 0. The Balaban J connectivity index is 2.03. The zero-order chi connectivity index (χ0) is 15.4. The van der Waals surface area contributed by atoms with Crippen LogP contribution in [-0.4, -0.2) is 33.5 Å². The van der Waals surface area contributed by atoms with Crippen LogP contribution in [0.3, 0.4) is 0 Å². The second kappa shape index (κ2) is 6.43. The van der Waals surface area contributed by atoms with E-state index in [0.29, 0.717) is 11.7 Å². The summed E-state index contributed by atoms with van der Waals surface area (Å²) in [4.78, 5) is 34.1. The summed E-state index contributed by atoms with van der Waals surface area (Å²) in [5.41, 5.74) is 5.46. The molecule has 2 amide bonds. The molecule has 0 spiro atoms. The summed E-state index contributed by atoms with van der Waals surface area (Å²) in [5, 5.41) is 11.5. The molecular weight excluding hydrogens is 274 g/mol.